The average molecular weight is 921 g/mol. The Morgan fingerprint density at radius 2 is 1.60 bits per heavy atom. The van der Waals surface area contributed by atoms with E-state index in [1.807, 2.05) is 27.7 Å². The number of Topliss-reactive ketones (excluding diaryl/α,β-unsaturated/α-hetero) is 1. The minimum Gasteiger partial charge on any atom is -0.493 e. The maximum atomic E-state index is 13.0. The van der Waals surface area contributed by atoms with Crippen molar-refractivity contribution in [2.24, 2.45) is 28.6 Å². The summed E-state index contributed by atoms with van der Waals surface area (Å²) in [5.74, 6) is -0.104. The van der Waals surface area contributed by atoms with Gasteiger partial charge in [0.2, 0.25) is 6.29 Å². The predicted molar refractivity (Wildman–Crippen MR) is 230 cm³/mol. The van der Waals surface area contributed by atoms with Crippen LogP contribution in [0.15, 0.2) is 23.5 Å². The van der Waals surface area contributed by atoms with Crippen LogP contribution in [-0.4, -0.2) is 148 Å². The fraction of sp³-hybridized carbons (Fsp3) is 0.898. The zero-order valence-corrected chi connectivity index (χ0v) is 40.1. The first-order chi connectivity index (χ1) is 30.9. The summed E-state index contributed by atoms with van der Waals surface area (Å²) in [6.07, 6.45) is 4.70. The fourth-order valence-electron chi connectivity index (χ4n) is 14.0. The molecule has 22 atom stereocenters. The van der Waals surface area contributed by atoms with Gasteiger partial charge in [0.15, 0.2) is 25.1 Å². The molecule has 0 unspecified atom stereocenters. The highest BCUT2D eigenvalue weighted by molar-refractivity contribution is 5.96. The minimum atomic E-state index is -1.47. The van der Waals surface area contributed by atoms with Crippen LogP contribution in [0.3, 0.4) is 0 Å². The fourth-order valence-corrected chi connectivity index (χ4v) is 14.0. The monoisotopic (exact) mass is 921 g/mol. The van der Waals surface area contributed by atoms with Gasteiger partial charge in [-0.3, -0.25) is 4.79 Å². The van der Waals surface area contributed by atoms with Gasteiger partial charge in [-0.25, -0.2) is 0 Å². The molecule has 16 nitrogen and oxygen atoms in total. The highest BCUT2D eigenvalue weighted by Crippen LogP contribution is 2.68. The van der Waals surface area contributed by atoms with Crippen molar-refractivity contribution < 1.29 is 76.6 Å². The second kappa shape index (κ2) is 18.6. The first-order valence-corrected chi connectivity index (χ1v) is 24.4. The molecule has 1 spiro atoms. The van der Waals surface area contributed by atoms with E-state index in [1.165, 1.54) is 12.7 Å². The first kappa shape index (κ1) is 48.4. The molecule has 2 N–H and O–H groups in total. The number of hydrogen-bond donors (Lipinski definition) is 2. The lowest BCUT2D eigenvalue weighted by Gasteiger charge is -2.59. The largest absolute Gasteiger partial charge is 0.493 e. The van der Waals surface area contributed by atoms with Crippen molar-refractivity contribution in [3.8, 4) is 0 Å². The zero-order valence-electron chi connectivity index (χ0n) is 40.1. The summed E-state index contributed by atoms with van der Waals surface area (Å²) < 4.78 is 80.6. The van der Waals surface area contributed by atoms with Crippen LogP contribution in [0.25, 0.3) is 0 Å². The molecule has 65 heavy (non-hydrogen) atoms. The van der Waals surface area contributed by atoms with Gasteiger partial charge >= 0.3 is 0 Å². The van der Waals surface area contributed by atoms with Crippen molar-refractivity contribution in [2.45, 2.75) is 223 Å². The summed E-state index contributed by atoms with van der Waals surface area (Å²) in [7, 11) is 4.70. The van der Waals surface area contributed by atoms with Crippen molar-refractivity contribution in [2.75, 3.05) is 28.1 Å². The summed E-state index contributed by atoms with van der Waals surface area (Å²) in [6.45, 7) is 14.2. The second-order valence-electron chi connectivity index (χ2n) is 21.1. The molecule has 3 saturated carbocycles. The molecule has 9 rings (SSSR count). The van der Waals surface area contributed by atoms with Crippen LogP contribution in [0, 0.1) is 28.6 Å². The molecule has 16 heteroatoms. The zero-order chi connectivity index (χ0) is 46.2. The Balaban J connectivity index is 0.811. The first-order valence-electron chi connectivity index (χ1n) is 24.4. The van der Waals surface area contributed by atoms with Gasteiger partial charge < -0.3 is 71.8 Å². The van der Waals surface area contributed by atoms with Crippen LogP contribution >= 0.6 is 0 Å². The van der Waals surface area contributed by atoms with Crippen LogP contribution in [-0.2, 0) is 66.4 Å². The summed E-state index contributed by atoms with van der Waals surface area (Å²) in [5.41, 5.74) is 0.115. The average Bonchev–Trinajstić information content (AvgIpc) is 3.43. The van der Waals surface area contributed by atoms with Gasteiger partial charge in [0.05, 0.1) is 74.1 Å². The highest BCUT2D eigenvalue weighted by atomic mass is 16.9. The van der Waals surface area contributed by atoms with E-state index in [1.54, 1.807) is 27.2 Å². The maximum Gasteiger partial charge on any atom is 0.288 e. The van der Waals surface area contributed by atoms with Crippen molar-refractivity contribution in [1.29, 1.82) is 0 Å². The number of hydrogen-bond acceptors (Lipinski definition) is 16. The third-order valence-electron chi connectivity index (χ3n) is 17.7. The van der Waals surface area contributed by atoms with Crippen LogP contribution in [0.1, 0.15) is 119 Å². The number of ketones is 1. The van der Waals surface area contributed by atoms with E-state index in [-0.39, 0.29) is 42.0 Å². The number of carbonyl (C=O) groups is 1. The number of rotatable bonds is 10. The number of carbonyl (C=O) groups excluding carboxylic acids is 1. The molecule has 0 bridgehead atoms. The van der Waals surface area contributed by atoms with Gasteiger partial charge in [-0.05, 0) is 115 Å². The molecular formula is C49H76O16. The molecule has 5 heterocycles. The Kier molecular flexibility index (Phi) is 13.9. The van der Waals surface area contributed by atoms with Gasteiger partial charge in [-0.15, -0.1) is 0 Å². The Morgan fingerprint density at radius 3 is 2.35 bits per heavy atom. The predicted octanol–water partition coefficient (Wildman–Crippen LogP) is 5.58. The normalized spacial score (nSPS) is 51.7. The van der Waals surface area contributed by atoms with Gasteiger partial charge in [-0.1, -0.05) is 25.5 Å². The van der Waals surface area contributed by atoms with Gasteiger partial charge in [0.25, 0.3) is 11.8 Å². The Labute approximate surface area is 384 Å². The number of ether oxygens (including phenoxy) is 13. The highest BCUT2D eigenvalue weighted by Gasteiger charge is 2.66. The van der Waals surface area contributed by atoms with E-state index in [9.17, 15) is 15.0 Å². The van der Waals surface area contributed by atoms with Crippen molar-refractivity contribution in [1.82, 2.24) is 0 Å². The number of fused-ring (bicyclic) bond motifs is 6. The number of methoxy groups -OCH3 is 3. The molecule has 7 fully saturated rings. The minimum absolute atomic E-state index is 0.0455. The van der Waals surface area contributed by atoms with Gasteiger partial charge in [-0.2, -0.15) is 0 Å². The molecule has 9 aliphatic rings. The molecule has 0 aromatic heterocycles. The van der Waals surface area contributed by atoms with E-state index >= 15 is 0 Å². The molecular weight excluding hydrogens is 845 g/mol. The number of allylic oxidation sites excluding steroid dienone is 1. The molecule has 5 aliphatic heterocycles. The third kappa shape index (κ3) is 8.63. The van der Waals surface area contributed by atoms with E-state index in [4.69, 9.17) is 61.6 Å². The van der Waals surface area contributed by atoms with E-state index < -0.39 is 91.5 Å². The molecule has 0 radical (unpaired) electrons. The Hall–Kier alpha value is -1.61. The Morgan fingerprint density at radius 1 is 0.846 bits per heavy atom. The molecule has 368 valence electrons. The number of aliphatic hydroxyl groups is 2. The summed E-state index contributed by atoms with van der Waals surface area (Å²) in [6, 6.07) is 0. The summed E-state index contributed by atoms with van der Waals surface area (Å²) >= 11 is 0. The molecule has 0 aromatic carbocycles. The van der Waals surface area contributed by atoms with Crippen molar-refractivity contribution in [3.63, 3.8) is 0 Å². The van der Waals surface area contributed by atoms with Crippen LogP contribution in [0.2, 0.25) is 0 Å². The molecule has 4 aliphatic carbocycles. The Bertz CT molecular complexity index is 1780. The smallest absolute Gasteiger partial charge is 0.288 e. The SMILES string of the molecule is COC1=C[C@@H](C)O[C@@H](O[C@H]2CC[C@@]3(C)C(=CC[C@@H]4[C@@H]3CC[C@@]3(C)[C@H]4CC[C@]3(O)[C@H](C)O[C@H]3C[C@H]4OCO[C@@]5(C[C@@H](OC)[C@H](O[C@H]6C[C@H](OC)[C@H](O)[C@@H](C)O6)[C@@H](C)O5)O[C@@H]4[C@@H](C)O3)C2)C1=O. The standard InChI is InChI=1S/C49H76O16/c1-25-19-35(53-8)42(51)45(58-25)62-31-13-16-46(6)30(20-31)11-12-32-33(46)14-17-47(7)34(32)15-18-48(47,52)29(5)61-39-22-37-44(27(3)60-39)65-49(57-24-56-37)23-38(55-10)43(28(4)64-49)63-40-21-36(54-9)41(50)26(2)59-40/h11,19,25-29,31-34,36-41,43-45,50,52H,12-18,20-24H2,1-10H3/t25-,26-,27-,28-,29+,31+,32-,33+,34+,36+,37-,38-,39+,40+,41-,43-,44-,45+,46+,47+,48+,49-/m1/s1. The third-order valence-corrected chi connectivity index (χ3v) is 17.7. The van der Waals surface area contributed by atoms with Crippen LogP contribution in [0.5, 0.6) is 0 Å². The lowest BCUT2D eigenvalue weighted by molar-refractivity contribution is -0.447. The summed E-state index contributed by atoms with van der Waals surface area (Å²) in [4.78, 5) is 13.0. The van der Waals surface area contributed by atoms with Crippen molar-refractivity contribution in [3.05, 3.63) is 23.5 Å². The summed E-state index contributed by atoms with van der Waals surface area (Å²) in [5, 5.41) is 23.3. The lowest BCUT2D eigenvalue weighted by atomic mass is 9.46. The molecule has 4 saturated heterocycles. The van der Waals surface area contributed by atoms with Crippen LogP contribution in [0.4, 0.5) is 0 Å². The second-order valence-corrected chi connectivity index (χ2v) is 21.1. The molecule has 0 aromatic rings. The maximum absolute atomic E-state index is 13.0. The van der Waals surface area contributed by atoms with Gasteiger partial charge in [0, 0.05) is 32.5 Å². The van der Waals surface area contributed by atoms with E-state index in [2.05, 4.69) is 19.9 Å². The topological polar surface area (TPSA) is 178 Å². The van der Waals surface area contributed by atoms with Gasteiger partial charge in [0.1, 0.15) is 18.3 Å². The molecule has 0 amide bonds. The van der Waals surface area contributed by atoms with E-state index in [0.717, 1.165) is 44.9 Å². The van der Waals surface area contributed by atoms with E-state index in [0.29, 0.717) is 42.8 Å². The van der Waals surface area contributed by atoms with Crippen LogP contribution < -0.4 is 0 Å². The van der Waals surface area contributed by atoms with Crippen molar-refractivity contribution >= 4 is 5.78 Å². The lowest BCUT2D eigenvalue weighted by Crippen LogP contribution is -2.61. The quantitative estimate of drug-likeness (QED) is 0.260. The number of aliphatic hydroxyl groups excluding tert-OH is 1.